The fraction of sp³-hybridized carbons (Fsp3) is 0.938. The van der Waals surface area contributed by atoms with E-state index in [2.05, 4.69) is 26.2 Å². The van der Waals surface area contributed by atoms with E-state index in [4.69, 9.17) is 5.84 Å². The van der Waals surface area contributed by atoms with E-state index < -0.39 is 5.60 Å². The molecule has 4 heteroatoms. The molecule has 4 N–H and O–H groups in total. The van der Waals surface area contributed by atoms with Crippen molar-refractivity contribution in [2.45, 2.75) is 71.8 Å². The lowest BCUT2D eigenvalue weighted by Gasteiger charge is -2.61. The van der Waals surface area contributed by atoms with Gasteiger partial charge in [-0.25, -0.2) is 5.84 Å². The van der Waals surface area contributed by atoms with E-state index in [-0.39, 0.29) is 17.2 Å². The highest BCUT2D eigenvalue weighted by atomic mass is 16.3. The van der Waals surface area contributed by atoms with Crippen LogP contribution in [0.2, 0.25) is 0 Å². The molecule has 2 rings (SSSR count). The standard InChI is InChI=1S/C16H30N2O2/c1-14(2)7-5-8-15(3)11(14)6-9-16(4,20)12(15)10-13(19)18-17/h11-12,20H,5-10,17H2,1-4H3,(H,18,19)/t11-,12-,15+,16-/m0/s1. The molecule has 0 bridgehead atoms. The van der Waals surface area contributed by atoms with Crippen molar-refractivity contribution in [2.24, 2.45) is 28.5 Å². The Morgan fingerprint density at radius 2 is 1.90 bits per heavy atom. The molecule has 0 heterocycles. The van der Waals surface area contributed by atoms with E-state index >= 15 is 0 Å². The number of fused-ring (bicyclic) bond motifs is 1. The molecule has 0 aliphatic heterocycles. The van der Waals surface area contributed by atoms with Crippen LogP contribution >= 0.6 is 0 Å². The number of hydrazine groups is 1. The summed E-state index contributed by atoms with van der Waals surface area (Å²) in [5, 5.41) is 10.8. The van der Waals surface area contributed by atoms with Gasteiger partial charge in [-0.1, -0.05) is 27.2 Å². The second-order valence-electron chi connectivity index (χ2n) is 8.12. The van der Waals surface area contributed by atoms with Gasteiger partial charge in [0.25, 0.3) is 0 Å². The third-order valence-corrected chi connectivity index (χ3v) is 6.31. The molecule has 2 saturated carbocycles. The maximum Gasteiger partial charge on any atom is 0.234 e. The van der Waals surface area contributed by atoms with E-state index in [1.54, 1.807) is 0 Å². The first-order chi connectivity index (χ1) is 9.13. The van der Waals surface area contributed by atoms with E-state index in [9.17, 15) is 9.90 Å². The van der Waals surface area contributed by atoms with Crippen molar-refractivity contribution >= 4 is 5.91 Å². The predicted octanol–water partition coefficient (Wildman–Crippen LogP) is 2.36. The van der Waals surface area contributed by atoms with Crippen LogP contribution in [0.3, 0.4) is 0 Å². The zero-order chi connectivity index (χ0) is 15.2. The Morgan fingerprint density at radius 3 is 2.50 bits per heavy atom. The highest BCUT2D eigenvalue weighted by molar-refractivity contribution is 5.75. The molecule has 0 unspecified atom stereocenters. The number of nitrogens with two attached hydrogens (primary N) is 1. The quantitative estimate of drug-likeness (QED) is 0.413. The Hall–Kier alpha value is -0.610. The zero-order valence-electron chi connectivity index (χ0n) is 13.3. The van der Waals surface area contributed by atoms with Crippen molar-refractivity contribution in [3.8, 4) is 0 Å². The van der Waals surface area contributed by atoms with Crippen molar-refractivity contribution < 1.29 is 9.90 Å². The van der Waals surface area contributed by atoms with Crippen LogP contribution in [0.4, 0.5) is 0 Å². The molecule has 0 aromatic carbocycles. The van der Waals surface area contributed by atoms with E-state index in [0.717, 1.165) is 19.3 Å². The van der Waals surface area contributed by atoms with Gasteiger partial charge in [-0.05, 0) is 49.4 Å². The lowest BCUT2D eigenvalue weighted by Crippen LogP contribution is -2.58. The molecule has 0 spiro atoms. The van der Waals surface area contributed by atoms with E-state index in [1.807, 2.05) is 6.92 Å². The number of aliphatic hydroxyl groups is 1. The third-order valence-electron chi connectivity index (χ3n) is 6.31. The summed E-state index contributed by atoms with van der Waals surface area (Å²) in [6, 6.07) is 0. The van der Waals surface area contributed by atoms with Gasteiger partial charge in [-0.15, -0.1) is 0 Å². The molecule has 20 heavy (non-hydrogen) atoms. The molecule has 4 nitrogen and oxygen atoms in total. The van der Waals surface area contributed by atoms with Crippen LogP contribution in [0, 0.1) is 22.7 Å². The maximum atomic E-state index is 11.8. The number of hydrogen-bond donors (Lipinski definition) is 3. The summed E-state index contributed by atoms with van der Waals surface area (Å²) in [5.41, 5.74) is 1.78. The summed E-state index contributed by atoms with van der Waals surface area (Å²) in [5.74, 6) is 5.65. The van der Waals surface area contributed by atoms with Crippen LogP contribution in [0.5, 0.6) is 0 Å². The van der Waals surface area contributed by atoms with Crippen LogP contribution in [-0.4, -0.2) is 16.6 Å². The Labute approximate surface area is 122 Å². The number of hydrogen-bond acceptors (Lipinski definition) is 3. The monoisotopic (exact) mass is 282 g/mol. The smallest absolute Gasteiger partial charge is 0.234 e. The molecule has 1 amide bonds. The SMILES string of the molecule is CC1(C)CCC[C@]2(C)[C@H]1CC[C@](C)(O)[C@H]2CC(=O)NN. The van der Waals surface area contributed by atoms with Crippen molar-refractivity contribution in [3.05, 3.63) is 0 Å². The van der Waals surface area contributed by atoms with Crippen molar-refractivity contribution in [1.82, 2.24) is 5.43 Å². The summed E-state index contributed by atoms with van der Waals surface area (Å²) in [6.07, 6.45) is 5.67. The van der Waals surface area contributed by atoms with Crippen LogP contribution < -0.4 is 11.3 Å². The van der Waals surface area contributed by atoms with Gasteiger partial charge < -0.3 is 5.11 Å². The number of nitrogens with one attached hydrogen (secondary N) is 1. The molecular formula is C16H30N2O2. The van der Waals surface area contributed by atoms with Gasteiger partial charge >= 0.3 is 0 Å². The summed E-state index contributed by atoms with van der Waals surface area (Å²) >= 11 is 0. The number of amides is 1. The van der Waals surface area contributed by atoms with E-state index in [0.29, 0.717) is 17.8 Å². The lowest BCUT2D eigenvalue weighted by atomic mass is 9.45. The van der Waals surface area contributed by atoms with Gasteiger partial charge in [0, 0.05) is 12.3 Å². The van der Waals surface area contributed by atoms with Crippen LogP contribution in [-0.2, 0) is 4.79 Å². The van der Waals surface area contributed by atoms with Crippen molar-refractivity contribution in [1.29, 1.82) is 0 Å². The molecule has 2 aliphatic rings. The normalized spacial score (nSPS) is 43.7. The molecule has 0 radical (unpaired) electrons. The molecule has 0 aromatic rings. The van der Waals surface area contributed by atoms with Crippen LogP contribution in [0.15, 0.2) is 0 Å². The number of carbonyl (C=O) groups is 1. The van der Waals surface area contributed by atoms with Gasteiger partial charge in [-0.2, -0.15) is 0 Å². The lowest BCUT2D eigenvalue weighted by molar-refractivity contribution is -0.173. The van der Waals surface area contributed by atoms with E-state index in [1.165, 1.54) is 12.8 Å². The molecular weight excluding hydrogens is 252 g/mol. The fourth-order valence-corrected chi connectivity index (χ4v) is 5.32. The van der Waals surface area contributed by atoms with Crippen molar-refractivity contribution in [3.63, 3.8) is 0 Å². The average Bonchev–Trinajstić information content (AvgIpc) is 2.32. The second kappa shape index (κ2) is 4.99. The summed E-state index contributed by atoms with van der Waals surface area (Å²) in [6.45, 7) is 8.86. The maximum absolute atomic E-state index is 11.8. The first-order valence-corrected chi connectivity index (χ1v) is 7.85. The van der Waals surface area contributed by atoms with Gasteiger partial charge in [0.15, 0.2) is 0 Å². The Morgan fingerprint density at radius 1 is 1.25 bits per heavy atom. The van der Waals surface area contributed by atoms with Crippen LogP contribution in [0.1, 0.15) is 66.2 Å². The first kappa shape index (κ1) is 15.8. The Bertz CT molecular complexity index is 392. The van der Waals surface area contributed by atoms with Crippen LogP contribution in [0.25, 0.3) is 0 Å². The minimum atomic E-state index is -0.773. The predicted molar refractivity (Wildman–Crippen MR) is 79.5 cm³/mol. The summed E-state index contributed by atoms with van der Waals surface area (Å²) in [7, 11) is 0. The summed E-state index contributed by atoms with van der Waals surface area (Å²) in [4.78, 5) is 11.8. The minimum Gasteiger partial charge on any atom is -0.390 e. The molecule has 116 valence electrons. The molecule has 4 atom stereocenters. The topological polar surface area (TPSA) is 75.3 Å². The average molecular weight is 282 g/mol. The van der Waals surface area contributed by atoms with Gasteiger partial charge in [0.2, 0.25) is 5.91 Å². The summed E-state index contributed by atoms with van der Waals surface area (Å²) < 4.78 is 0. The van der Waals surface area contributed by atoms with Gasteiger partial charge in [0.1, 0.15) is 0 Å². The highest BCUT2D eigenvalue weighted by Crippen LogP contribution is 2.62. The minimum absolute atomic E-state index is 0.0168. The highest BCUT2D eigenvalue weighted by Gasteiger charge is 2.58. The van der Waals surface area contributed by atoms with Crippen molar-refractivity contribution in [2.75, 3.05) is 0 Å². The fourth-order valence-electron chi connectivity index (χ4n) is 5.32. The Kier molecular flexibility index (Phi) is 3.93. The molecule has 0 aromatic heterocycles. The molecule has 0 saturated heterocycles. The van der Waals surface area contributed by atoms with Gasteiger partial charge in [0.05, 0.1) is 5.60 Å². The third kappa shape index (κ3) is 2.48. The number of rotatable bonds is 2. The largest absolute Gasteiger partial charge is 0.390 e. The molecule has 2 aliphatic carbocycles. The second-order valence-corrected chi connectivity index (χ2v) is 8.12. The van der Waals surface area contributed by atoms with Gasteiger partial charge in [-0.3, -0.25) is 10.2 Å². The first-order valence-electron chi connectivity index (χ1n) is 7.85. The molecule has 2 fully saturated rings. The zero-order valence-corrected chi connectivity index (χ0v) is 13.3. The Balaban J connectivity index is 2.35. The number of carbonyl (C=O) groups excluding carboxylic acids is 1.